The normalized spacial score (nSPS) is 15.1. The molecule has 2 aromatic carbocycles. The Morgan fingerprint density at radius 2 is 1.91 bits per heavy atom. The fraction of sp³-hybridized carbons (Fsp3) is 0.375. The molecule has 1 aliphatic rings. The van der Waals surface area contributed by atoms with Crippen LogP contribution < -0.4 is 14.8 Å². The largest absolute Gasteiger partial charge is 0.497 e. The van der Waals surface area contributed by atoms with Crippen molar-refractivity contribution >= 4 is 17.6 Å². The average Bonchev–Trinajstić information content (AvgIpc) is 3.27. The van der Waals surface area contributed by atoms with Gasteiger partial charge in [0.2, 0.25) is 0 Å². The number of rotatable bonds is 8. The molecule has 1 heterocycles. The van der Waals surface area contributed by atoms with Crippen molar-refractivity contribution in [2.75, 3.05) is 34.4 Å². The van der Waals surface area contributed by atoms with Crippen molar-refractivity contribution in [3.63, 3.8) is 0 Å². The summed E-state index contributed by atoms with van der Waals surface area (Å²) in [6.45, 7) is 2.33. The molecule has 0 spiro atoms. The number of hydrazone groups is 1. The summed E-state index contributed by atoms with van der Waals surface area (Å²) >= 11 is 0. The molecule has 33 heavy (non-hydrogen) atoms. The van der Waals surface area contributed by atoms with Crippen LogP contribution in [0.4, 0.5) is 9.18 Å². The molecule has 0 saturated heterocycles. The average molecular weight is 457 g/mol. The molecule has 8 nitrogen and oxygen atoms in total. The molecule has 0 aliphatic carbocycles. The van der Waals surface area contributed by atoms with E-state index in [2.05, 4.69) is 10.4 Å². The van der Waals surface area contributed by atoms with E-state index in [0.29, 0.717) is 30.2 Å². The van der Waals surface area contributed by atoms with Crippen LogP contribution in [-0.4, -0.2) is 61.9 Å². The monoisotopic (exact) mass is 456 g/mol. The highest BCUT2D eigenvalue weighted by atomic mass is 19.1. The van der Waals surface area contributed by atoms with Crippen LogP contribution in [-0.2, 0) is 4.79 Å². The summed E-state index contributed by atoms with van der Waals surface area (Å²) in [5.41, 5.74) is 2.12. The van der Waals surface area contributed by atoms with E-state index in [1.54, 1.807) is 45.5 Å². The first kappa shape index (κ1) is 24.0. The molecule has 0 fully saturated rings. The predicted octanol–water partition coefficient (Wildman–Crippen LogP) is 3.57. The van der Waals surface area contributed by atoms with Crippen molar-refractivity contribution in [3.8, 4) is 11.5 Å². The van der Waals surface area contributed by atoms with Gasteiger partial charge in [0, 0.05) is 31.6 Å². The summed E-state index contributed by atoms with van der Waals surface area (Å²) in [4.78, 5) is 26.7. The number of carbonyl (C=O) groups excluding carboxylic acids is 2. The molecular formula is C24H29FN4O4. The molecule has 0 saturated carbocycles. The molecule has 2 aromatic rings. The topological polar surface area (TPSA) is 83.5 Å². The van der Waals surface area contributed by atoms with Crippen molar-refractivity contribution in [2.45, 2.75) is 25.8 Å². The third kappa shape index (κ3) is 5.60. The van der Waals surface area contributed by atoms with Crippen LogP contribution in [0, 0.1) is 5.82 Å². The van der Waals surface area contributed by atoms with Gasteiger partial charge in [0.1, 0.15) is 23.9 Å². The Morgan fingerprint density at radius 1 is 1.18 bits per heavy atom. The number of urea groups is 1. The van der Waals surface area contributed by atoms with E-state index in [4.69, 9.17) is 9.47 Å². The summed E-state index contributed by atoms with van der Waals surface area (Å²) in [7, 11) is 4.68. The van der Waals surface area contributed by atoms with Gasteiger partial charge in [-0.05, 0) is 36.2 Å². The van der Waals surface area contributed by atoms with Crippen molar-refractivity contribution in [1.82, 2.24) is 15.2 Å². The maximum Gasteiger partial charge on any atom is 0.317 e. The number of carbonyl (C=O) groups is 2. The number of likely N-dealkylation sites (N-methyl/N-ethyl adjacent to an activating group) is 1. The van der Waals surface area contributed by atoms with Gasteiger partial charge in [-0.1, -0.05) is 19.1 Å². The van der Waals surface area contributed by atoms with Crippen molar-refractivity contribution < 1.29 is 23.5 Å². The lowest BCUT2D eigenvalue weighted by Crippen LogP contribution is -2.43. The highest BCUT2D eigenvalue weighted by molar-refractivity contribution is 6.05. The second-order valence-corrected chi connectivity index (χ2v) is 7.71. The number of amides is 3. The number of nitrogens with zero attached hydrogens (tertiary/aromatic N) is 3. The Balaban J connectivity index is 1.91. The lowest BCUT2D eigenvalue weighted by atomic mass is 9.97. The van der Waals surface area contributed by atoms with Crippen molar-refractivity contribution in [3.05, 3.63) is 59.4 Å². The quantitative estimate of drug-likeness (QED) is 0.658. The van der Waals surface area contributed by atoms with Gasteiger partial charge < -0.3 is 19.7 Å². The minimum Gasteiger partial charge on any atom is -0.497 e. The lowest BCUT2D eigenvalue weighted by Gasteiger charge is -2.25. The molecule has 176 valence electrons. The summed E-state index contributed by atoms with van der Waals surface area (Å²) < 4.78 is 24.3. The molecule has 0 unspecified atom stereocenters. The minimum atomic E-state index is -0.438. The Bertz CT molecular complexity index is 1030. The van der Waals surface area contributed by atoms with Gasteiger partial charge in [0.15, 0.2) is 0 Å². The third-order valence-corrected chi connectivity index (χ3v) is 5.39. The molecule has 9 heteroatoms. The number of ether oxygens (including phenoxy) is 2. The molecule has 1 aliphatic heterocycles. The Labute approximate surface area is 193 Å². The number of hydrogen-bond donors (Lipinski definition) is 1. The van der Waals surface area contributed by atoms with Crippen molar-refractivity contribution in [2.24, 2.45) is 5.10 Å². The van der Waals surface area contributed by atoms with Crippen LogP contribution in [0.15, 0.2) is 47.6 Å². The Kier molecular flexibility index (Phi) is 7.87. The molecule has 3 amide bonds. The first-order chi connectivity index (χ1) is 15.9. The van der Waals surface area contributed by atoms with E-state index in [0.717, 1.165) is 17.5 Å². The van der Waals surface area contributed by atoms with Crippen LogP contribution in [0.2, 0.25) is 0 Å². The molecular weight excluding hydrogens is 427 g/mol. The zero-order valence-electron chi connectivity index (χ0n) is 19.3. The highest BCUT2D eigenvalue weighted by Gasteiger charge is 2.34. The first-order valence-electron chi connectivity index (χ1n) is 10.7. The number of hydrogen-bond acceptors (Lipinski definition) is 5. The van der Waals surface area contributed by atoms with Gasteiger partial charge in [0.05, 0.1) is 26.0 Å². The first-order valence-corrected chi connectivity index (χ1v) is 10.7. The van der Waals surface area contributed by atoms with Crippen LogP contribution in [0.1, 0.15) is 36.9 Å². The SMILES string of the molecule is CCCNC(=O)N(C)CC(=O)N1N=C(c2ccc(OC)cc2OC)C[C@H]1c1ccc(F)cc1. The number of halogens is 1. The number of nitrogens with one attached hydrogen (secondary N) is 1. The third-order valence-electron chi connectivity index (χ3n) is 5.39. The lowest BCUT2D eigenvalue weighted by molar-refractivity contribution is -0.133. The summed E-state index contributed by atoms with van der Waals surface area (Å²) in [6.07, 6.45) is 1.20. The maximum absolute atomic E-state index is 13.5. The van der Waals surface area contributed by atoms with Gasteiger partial charge in [-0.2, -0.15) is 5.10 Å². The summed E-state index contributed by atoms with van der Waals surface area (Å²) in [5.74, 6) is 0.495. The van der Waals surface area contributed by atoms with Crippen LogP contribution in [0.5, 0.6) is 11.5 Å². The molecule has 0 radical (unpaired) electrons. The van der Waals surface area contributed by atoms with E-state index in [1.807, 2.05) is 13.0 Å². The van der Waals surface area contributed by atoms with E-state index < -0.39 is 6.04 Å². The Hall–Kier alpha value is -3.62. The van der Waals surface area contributed by atoms with Gasteiger partial charge in [-0.15, -0.1) is 0 Å². The van der Waals surface area contributed by atoms with E-state index in [1.165, 1.54) is 22.0 Å². The Morgan fingerprint density at radius 3 is 2.55 bits per heavy atom. The van der Waals surface area contributed by atoms with Crippen LogP contribution in [0.25, 0.3) is 0 Å². The number of benzene rings is 2. The molecule has 1 N–H and O–H groups in total. The molecule has 3 rings (SSSR count). The van der Waals surface area contributed by atoms with Gasteiger partial charge >= 0.3 is 6.03 Å². The van der Waals surface area contributed by atoms with E-state index in [9.17, 15) is 14.0 Å². The van der Waals surface area contributed by atoms with Gasteiger partial charge in [-0.25, -0.2) is 14.2 Å². The molecule has 0 bridgehead atoms. The van der Waals surface area contributed by atoms with E-state index >= 15 is 0 Å². The van der Waals surface area contributed by atoms with E-state index in [-0.39, 0.29) is 24.3 Å². The fourth-order valence-corrected chi connectivity index (χ4v) is 3.60. The summed E-state index contributed by atoms with van der Waals surface area (Å²) in [6, 6.07) is 10.6. The smallest absolute Gasteiger partial charge is 0.317 e. The van der Waals surface area contributed by atoms with Crippen LogP contribution >= 0.6 is 0 Å². The zero-order valence-corrected chi connectivity index (χ0v) is 19.3. The maximum atomic E-state index is 13.5. The van der Waals surface area contributed by atoms with Gasteiger partial charge in [-0.3, -0.25) is 4.79 Å². The van der Waals surface area contributed by atoms with Crippen LogP contribution in [0.3, 0.4) is 0 Å². The predicted molar refractivity (Wildman–Crippen MR) is 123 cm³/mol. The fourth-order valence-electron chi connectivity index (χ4n) is 3.60. The molecule has 0 aromatic heterocycles. The number of methoxy groups -OCH3 is 2. The second kappa shape index (κ2) is 10.8. The zero-order chi connectivity index (χ0) is 24.0. The molecule has 1 atom stereocenters. The van der Waals surface area contributed by atoms with Gasteiger partial charge in [0.25, 0.3) is 5.91 Å². The highest BCUT2D eigenvalue weighted by Crippen LogP contribution is 2.36. The van der Waals surface area contributed by atoms with Crippen molar-refractivity contribution in [1.29, 1.82) is 0 Å². The summed E-state index contributed by atoms with van der Waals surface area (Å²) in [5, 5.41) is 8.72. The second-order valence-electron chi connectivity index (χ2n) is 7.71. The minimum absolute atomic E-state index is 0.149. The standard InChI is InChI=1S/C24H29FN4O4/c1-5-12-26-24(31)28(2)15-23(30)29-21(16-6-8-17(25)9-7-16)14-20(27-29)19-11-10-18(32-3)13-22(19)33-4/h6-11,13,21H,5,12,14-15H2,1-4H3,(H,26,31)/t21-/m0/s1.